The SMILES string of the molecule is O=[SH](=O)NC1(c2ncco2)C=CC=CC1. The van der Waals surface area contributed by atoms with Crippen molar-refractivity contribution in [2.45, 2.75) is 12.0 Å². The zero-order valence-corrected chi connectivity index (χ0v) is 8.68. The van der Waals surface area contributed by atoms with E-state index >= 15 is 0 Å². The lowest BCUT2D eigenvalue weighted by Crippen LogP contribution is -2.40. The van der Waals surface area contributed by atoms with Crippen molar-refractivity contribution in [3.05, 3.63) is 42.7 Å². The summed E-state index contributed by atoms with van der Waals surface area (Å²) >= 11 is 0. The molecule has 0 aliphatic heterocycles. The van der Waals surface area contributed by atoms with Gasteiger partial charge in [-0.2, -0.15) is 4.72 Å². The third-order valence-corrected chi connectivity index (χ3v) is 2.75. The van der Waals surface area contributed by atoms with Crippen molar-refractivity contribution in [1.29, 1.82) is 0 Å². The van der Waals surface area contributed by atoms with E-state index in [-0.39, 0.29) is 0 Å². The van der Waals surface area contributed by atoms with E-state index in [4.69, 9.17) is 4.42 Å². The smallest absolute Gasteiger partial charge is 0.219 e. The highest BCUT2D eigenvalue weighted by Gasteiger charge is 2.34. The maximum Gasteiger partial charge on any atom is 0.219 e. The second-order valence-corrected chi connectivity index (χ2v) is 3.91. The van der Waals surface area contributed by atoms with Gasteiger partial charge in [0.05, 0.1) is 6.20 Å². The number of hydrogen-bond acceptors (Lipinski definition) is 4. The van der Waals surface area contributed by atoms with E-state index in [9.17, 15) is 8.42 Å². The van der Waals surface area contributed by atoms with E-state index in [1.54, 1.807) is 12.2 Å². The first-order valence-corrected chi connectivity index (χ1v) is 5.57. The molecule has 1 aromatic rings. The van der Waals surface area contributed by atoms with Crippen LogP contribution in [0.15, 0.2) is 41.2 Å². The number of hydrogen-bond donors (Lipinski definition) is 2. The first-order valence-electron chi connectivity index (χ1n) is 4.39. The molecule has 0 amide bonds. The van der Waals surface area contributed by atoms with Crippen molar-refractivity contribution < 1.29 is 12.8 Å². The highest BCUT2D eigenvalue weighted by molar-refractivity contribution is 7.70. The second-order valence-electron chi connectivity index (χ2n) is 3.17. The highest BCUT2D eigenvalue weighted by atomic mass is 32.2. The fourth-order valence-corrected chi connectivity index (χ4v) is 2.10. The summed E-state index contributed by atoms with van der Waals surface area (Å²) in [4.78, 5) is 3.98. The zero-order valence-electron chi connectivity index (χ0n) is 7.79. The Morgan fingerprint density at radius 3 is 2.87 bits per heavy atom. The minimum absolute atomic E-state index is 0.349. The fourth-order valence-electron chi connectivity index (χ4n) is 1.52. The van der Waals surface area contributed by atoms with Crippen LogP contribution in [-0.2, 0) is 16.4 Å². The maximum absolute atomic E-state index is 10.8. The van der Waals surface area contributed by atoms with Crippen LogP contribution in [0.3, 0.4) is 0 Å². The molecular formula is C9H10N2O3S. The topological polar surface area (TPSA) is 72.2 Å². The zero-order chi connectivity index (χ0) is 10.7. The maximum atomic E-state index is 10.8. The molecule has 80 valence electrons. The fraction of sp³-hybridized carbons (Fsp3) is 0.222. The van der Waals surface area contributed by atoms with Crippen molar-refractivity contribution in [1.82, 2.24) is 9.71 Å². The van der Waals surface area contributed by atoms with Crippen LogP contribution in [0, 0.1) is 0 Å². The van der Waals surface area contributed by atoms with Crippen molar-refractivity contribution in [3.8, 4) is 0 Å². The largest absolute Gasteiger partial charge is 0.447 e. The van der Waals surface area contributed by atoms with Crippen LogP contribution in [0.1, 0.15) is 12.3 Å². The molecule has 1 N–H and O–H groups in total. The second kappa shape index (κ2) is 4.00. The molecule has 2 rings (SSSR count). The Kier molecular flexibility index (Phi) is 2.70. The number of rotatable bonds is 3. The van der Waals surface area contributed by atoms with Gasteiger partial charge in [0.2, 0.25) is 16.8 Å². The molecule has 5 nitrogen and oxygen atoms in total. The van der Waals surface area contributed by atoms with Crippen molar-refractivity contribution >= 4 is 10.9 Å². The first kappa shape index (κ1) is 10.1. The summed E-state index contributed by atoms with van der Waals surface area (Å²) in [5, 5.41) is 0. The van der Waals surface area contributed by atoms with Crippen molar-refractivity contribution in [2.75, 3.05) is 0 Å². The normalized spacial score (nSPS) is 24.9. The number of nitrogens with one attached hydrogen (secondary N) is 1. The lowest BCUT2D eigenvalue weighted by atomic mass is 9.92. The number of thiol groups is 1. The van der Waals surface area contributed by atoms with Gasteiger partial charge in [-0.25, -0.2) is 13.4 Å². The Morgan fingerprint density at radius 1 is 1.47 bits per heavy atom. The van der Waals surface area contributed by atoms with E-state index in [1.165, 1.54) is 12.5 Å². The molecule has 0 fully saturated rings. The molecule has 0 saturated heterocycles. The number of oxazole rings is 1. The minimum atomic E-state index is -2.71. The van der Waals surface area contributed by atoms with E-state index in [0.717, 1.165) is 0 Å². The summed E-state index contributed by atoms with van der Waals surface area (Å²) in [6.07, 6.45) is 10.6. The van der Waals surface area contributed by atoms with Crippen LogP contribution in [0.5, 0.6) is 0 Å². The van der Waals surface area contributed by atoms with Gasteiger partial charge in [0.15, 0.2) is 0 Å². The average Bonchev–Trinajstić information content (AvgIpc) is 2.71. The van der Waals surface area contributed by atoms with E-state index in [2.05, 4.69) is 9.71 Å². The molecule has 0 bridgehead atoms. The molecule has 1 heterocycles. The number of aromatic nitrogens is 1. The highest BCUT2D eigenvalue weighted by Crippen LogP contribution is 2.28. The lowest BCUT2D eigenvalue weighted by Gasteiger charge is -2.25. The third kappa shape index (κ3) is 2.00. The van der Waals surface area contributed by atoms with Gasteiger partial charge >= 0.3 is 0 Å². The lowest BCUT2D eigenvalue weighted by molar-refractivity contribution is 0.361. The quantitative estimate of drug-likeness (QED) is 0.736. The molecule has 1 aromatic heterocycles. The van der Waals surface area contributed by atoms with Crippen LogP contribution in [0.4, 0.5) is 0 Å². The van der Waals surface area contributed by atoms with E-state index < -0.39 is 16.4 Å². The average molecular weight is 226 g/mol. The summed E-state index contributed by atoms with van der Waals surface area (Å²) in [5.74, 6) is 0.349. The molecule has 0 saturated carbocycles. The van der Waals surface area contributed by atoms with Gasteiger partial charge in [0, 0.05) is 0 Å². The third-order valence-electron chi connectivity index (χ3n) is 2.17. The molecule has 15 heavy (non-hydrogen) atoms. The van der Waals surface area contributed by atoms with Crippen LogP contribution in [-0.4, -0.2) is 13.4 Å². The van der Waals surface area contributed by atoms with Crippen LogP contribution < -0.4 is 4.72 Å². The van der Waals surface area contributed by atoms with Gasteiger partial charge in [-0.3, -0.25) is 0 Å². The van der Waals surface area contributed by atoms with Gasteiger partial charge in [-0.1, -0.05) is 24.3 Å². The van der Waals surface area contributed by atoms with Crippen LogP contribution in [0.25, 0.3) is 0 Å². The van der Waals surface area contributed by atoms with Crippen molar-refractivity contribution in [2.24, 2.45) is 0 Å². The van der Waals surface area contributed by atoms with Gasteiger partial charge in [0.1, 0.15) is 11.8 Å². The van der Waals surface area contributed by atoms with Crippen LogP contribution in [0.2, 0.25) is 0 Å². The predicted molar refractivity (Wildman–Crippen MR) is 54.5 cm³/mol. The molecule has 1 aliphatic carbocycles. The summed E-state index contributed by atoms with van der Waals surface area (Å²) in [6, 6.07) is 0. The Labute approximate surface area is 88.6 Å². The summed E-state index contributed by atoms with van der Waals surface area (Å²) in [6.45, 7) is 0. The van der Waals surface area contributed by atoms with Crippen LogP contribution >= 0.6 is 0 Å². The van der Waals surface area contributed by atoms with Gasteiger partial charge in [0.25, 0.3) is 0 Å². The monoisotopic (exact) mass is 226 g/mol. The van der Waals surface area contributed by atoms with E-state index in [0.29, 0.717) is 12.3 Å². The molecule has 1 atom stereocenters. The molecule has 6 heteroatoms. The standard InChI is InChI=1S/C9H10N2O3S/c12-15(13)11-9(4-2-1-3-5-9)8-10-6-7-14-8/h1-4,6-7,15H,5H2,(H,11,12,13). The molecule has 0 aromatic carbocycles. The Bertz CT molecular complexity index is 454. The summed E-state index contributed by atoms with van der Waals surface area (Å²) in [5.41, 5.74) is -0.868. The Hall–Kier alpha value is -1.40. The summed E-state index contributed by atoms with van der Waals surface area (Å²) in [7, 11) is -2.71. The number of nitrogens with zero attached hydrogens (tertiary/aromatic N) is 1. The Morgan fingerprint density at radius 2 is 2.33 bits per heavy atom. The molecule has 0 spiro atoms. The van der Waals surface area contributed by atoms with E-state index in [1.807, 2.05) is 12.2 Å². The Balaban J connectivity index is 2.39. The minimum Gasteiger partial charge on any atom is -0.447 e. The van der Waals surface area contributed by atoms with Crippen molar-refractivity contribution in [3.63, 3.8) is 0 Å². The first-order chi connectivity index (χ1) is 7.23. The van der Waals surface area contributed by atoms with Gasteiger partial charge in [-0.15, -0.1) is 0 Å². The molecule has 1 aliphatic rings. The molecular weight excluding hydrogens is 216 g/mol. The molecule has 1 unspecified atom stereocenters. The number of allylic oxidation sites excluding steroid dienone is 2. The van der Waals surface area contributed by atoms with Gasteiger partial charge in [-0.05, 0) is 6.42 Å². The summed E-state index contributed by atoms with van der Waals surface area (Å²) < 4.78 is 29.1. The predicted octanol–water partition coefficient (Wildman–Crippen LogP) is 0.502. The van der Waals surface area contributed by atoms with Gasteiger partial charge < -0.3 is 4.42 Å². The molecule has 0 radical (unpaired) electrons.